The maximum atomic E-state index is 13.0. The number of aliphatic hydroxyl groups is 1. The van der Waals surface area contributed by atoms with Crippen molar-refractivity contribution in [1.29, 1.82) is 0 Å². The van der Waals surface area contributed by atoms with Crippen molar-refractivity contribution in [3.63, 3.8) is 0 Å². The standard InChI is InChI=1S/C26H25N5O2/c32-25-8-4-3-7-22(25)31-26(33)23-14-18(19-5-1-2-6-20(19)30-23)13-17-9-10-21(29-15-17)24-16-27-11-12-28-24/h1-2,5-6,9-12,14-16,22,25,32H,3-4,7-8,13H2,(H,31,33)/t22-,25-/m0/s1. The van der Waals surface area contributed by atoms with Crippen LogP contribution in [0.3, 0.4) is 0 Å². The molecule has 3 aromatic heterocycles. The predicted molar refractivity (Wildman–Crippen MR) is 126 cm³/mol. The van der Waals surface area contributed by atoms with Crippen molar-refractivity contribution in [2.45, 2.75) is 44.2 Å². The van der Waals surface area contributed by atoms with Crippen LogP contribution in [0.25, 0.3) is 22.3 Å². The second-order valence-electron chi connectivity index (χ2n) is 8.43. The highest BCUT2D eigenvalue weighted by Crippen LogP contribution is 2.23. The minimum atomic E-state index is -0.499. The summed E-state index contributed by atoms with van der Waals surface area (Å²) in [6.45, 7) is 0. The Kier molecular flexibility index (Phi) is 6.04. The molecule has 0 bridgehead atoms. The first-order valence-electron chi connectivity index (χ1n) is 11.3. The summed E-state index contributed by atoms with van der Waals surface area (Å²) < 4.78 is 0. The summed E-state index contributed by atoms with van der Waals surface area (Å²) in [4.78, 5) is 30.5. The van der Waals surface area contributed by atoms with Gasteiger partial charge in [0, 0.05) is 24.0 Å². The second-order valence-corrected chi connectivity index (χ2v) is 8.43. The van der Waals surface area contributed by atoms with E-state index < -0.39 is 6.10 Å². The lowest BCUT2D eigenvalue weighted by Gasteiger charge is -2.28. The average molecular weight is 440 g/mol. The van der Waals surface area contributed by atoms with Gasteiger partial charge < -0.3 is 10.4 Å². The molecule has 0 radical (unpaired) electrons. The maximum absolute atomic E-state index is 13.0. The van der Waals surface area contributed by atoms with Crippen molar-refractivity contribution >= 4 is 16.8 Å². The van der Waals surface area contributed by atoms with Crippen molar-refractivity contribution in [1.82, 2.24) is 25.3 Å². The number of amides is 1. The van der Waals surface area contributed by atoms with Crippen LogP contribution in [-0.4, -0.2) is 43.1 Å². The number of nitrogens with one attached hydrogen (secondary N) is 1. The van der Waals surface area contributed by atoms with E-state index in [1.807, 2.05) is 48.7 Å². The van der Waals surface area contributed by atoms with E-state index in [2.05, 4.69) is 25.3 Å². The number of carbonyl (C=O) groups excluding carboxylic acids is 1. The molecule has 1 aliphatic carbocycles. The Morgan fingerprint density at radius 3 is 2.67 bits per heavy atom. The largest absolute Gasteiger partial charge is 0.391 e. The van der Waals surface area contributed by atoms with Crippen LogP contribution in [0.2, 0.25) is 0 Å². The molecule has 4 aromatic rings. The van der Waals surface area contributed by atoms with Crippen LogP contribution in [0.15, 0.2) is 67.3 Å². The summed E-state index contributed by atoms with van der Waals surface area (Å²) in [5, 5.41) is 14.2. The van der Waals surface area contributed by atoms with E-state index in [9.17, 15) is 9.90 Å². The minimum Gasteiger partial charge on any atom is -0.391 e. The van der Waals surface area contributed by atoms with Crippen LogP contribution in [0.5, 0.6) is 0 Å². The molecule has 1 saturated carbocycles. The highest BCUT2D eigenvalue weighted by molar-refractivity contribution is 5.96. The van der Waals surface area contributed by atoms with Gasteiger partial charge in [-0.25, -0.2) is 4.98 Å². The fourth-order valence-electron chi connectivity index (χ4n) is 4.36. The van der Waals surface area contributed by atoms with Crippen molar-refractivity contribution < 1.29 is 9.90 Å². The number of nitrogens with zero attached hydrogens (tertiary/aromatic N) is 4. The summed E-state index contributed by atoms with van der Waals surface area (Å²) in [5.74, 6) is -0.246. The van der Waals surface area contributed by atoms with Gasteiger partial charge in [0.1, 0.15) is 11.4 Å². The Morgan fingerprint density at radius 1 is 1.00 bits per heavy atom. The first-order chi connectivity index (χ1) is 16.2. The van der Waals surface area contributed by atoms with E-state index >= 15 is 0 Å². The highest BCUT2D eigenvalue weighted by atomic mass is 16.3. The number of carbonyl (C=O) groups is 1. The van der Waals surface area contributed by atoms with Crippen molar-refractivity contribution in [3.05, 3.63) is 84.1 Å². The summed E-state index contributed by atoms with van der Waals surface area (Å²) in [5.41, 5.74) is 4.65. The number of para-hydroxylation sites is 1. The topological polar surface area (TPSA) is 101 Å². The Morgan fingerprint density at radius 2 is 1.88 bits per heavy atom. The maximum Gasteiger partial charge on any atom is 0.270 e. The second kappa shape index (κ2) is 9.42. The Labute approximate surface area is 192 Å². The zero-order valence-corrected chi connectivity index (χ0v) is 18.2. The number of pyridine rings is 2. The van der Waals surface area contributed by atoms with Crippen molar-refractivity contribution in [3.8, 4) is 11.4 Å². The monoisotopic (exact) mass is 439 g/mol. The average Bonchev–Trinajstić information content (AvgIpc) is 2.86. The normalized spacial score (nSPS) is 18.2. The molecule has 1 fully saturated rings. The molecule has 1 amide bonds. The van der Waals surface area contributed by atoms with E-state index in [-0.39, 0.29) is 11.9 Å². The van der Waals surface area contributed by atoms with E-state index in [0.29, 0.717) is 12.1 Å². The van der Waals surface area contributed by atoms with Gasteiger partial charge in [-0.15, -0.1) is 0 Å². The number of hydrogen-bond acceptors (Lipinski definition) is 6. The molecule has 1 aromatic carbocycles. The third kappa shape index (κ3) is 4.73. The lowest BCUT2D eigenvalue weighted by Crippen LogP contribution is -2.45. The molecule has 2 N–H and O–H groups in total. The SMILES string of the molecule is O=C(N[C@H]1CCCC[C@@H]1O)c1cc(Cc2ccc(-c3cnccn3)nc2)c2ccccc2n1. The van der Waals surface area contributed by atoms with Crippen LogP contribution in [0, 0.1) is 0 Å². The quantitative estimate of drug-likeness (QED) is 0.492. The van der Waals surface area contributed by atoms with Crippen molar-refractivity contribution in [2.75, 3.05) is 0 Å². The smallest absolute Gasteiger partial charge is 0.270 e. The van der Waals surface area contributed by atoms with Gasteiger partial charge >= 0.3 is 0 Å². The van der Waals surface area contributed by atoms with E-state index in [1.54, 1.807) is 18.6 Å². The molecule has 0 saturated heterocycles. The van der Waals surface area contributed by atoms with Crippen molar-refractivity contribution in [2.24, 2.45) is 0 Å². The number of aliphatic hydroxyl groups excluding tert-OH is 1. The highest BCUT2D eigenvalue weighted by Gasteiger charge is 2.25. The number of rotatable bonds is 5. The molecule has 33 heavy (non-hydrogen) atoms. The molecule has 5 rings (SSSR count). The van der Waals surface area contributed by atoms with E-state index in [4.69, 9.17) is 0 Å². The molecule has 3 heterocycles. The van der Waals surface area contributed by atoms with Crippen LogP contribution in [0.1, 0.15) is 47.3 Å². The lowest BCUT2D eigenvalue weighted by molar-refractivity contribution is 0.0714. The first-order valence-corrected chi connectivity index (χ1v) is 11.3. The number of benzene rings is 1. The minimum absolute atomic E-state index is 0.221. The van der Waals surface area contributed by atoms with Crippen LogP contribution in [0.4, 0.5) is 0 Å². The molecular formula is C26H25N5O2. The van der Waals surface area contributed by atoms with Gasteiger partial charge in [-0.1, -0.05) is 37.1 Å². The zero-order valence-electron chi connectivity index (χ0n) is 18.2. The fraction of sp³-hybridized carbons (Fsp3) is 0.269. The molecule has 0 aliphatic heterocycles. The van der Waals surface area contributed by atoms with Gasteiger partial charge in [-0.2, -0.15) is 0 Å². The molecule has 2 atom stereocenters. The molecular weight excluding hydrogens is 414 g/mol. The van der Waals surface area contributed by atoms with Gasteiger partial charge in [0.25, 0.3) is 5.91 Å². The summed E-state index contributed by atoms with van der Waals surface area (Å²) >= 11 is 0. The number of hydrogen-bond donors (Lipinski definition) is 2. The zero-order chi connectivity index (χ0) is 22.6. The third-order valence-electron chi connectivity index (χ3n) is 6.13. The molecule has 7 nitrogen and oxygen atoms in total. The van der Waals surface area contributed by atoms with E-state index in [1.165, 1.54) is 0 Å². The van der Waals surface area contributed by atoms with Crippen LogP contribution < -0.4 is 5.32 Å². The van der Waals surface area contributed by atoms with Gasteiger partial charge in [0.05, 0.1) is 29.6 Å². The molecule has 166 valence electrons. The summed E-state index contributed by atoms with van der Waals surface area (Å²) in [6.07, 6.45) is 10.4. The van der Waals surface area contributed by atoms with Crippen LogP contribution >= 0.6 is 0 Å². The first kappa shape index (κ1) is 21.2. The Hall–Kier alpha value is -3.71. The van der Waals surface area contributed by atoms with Gasteiger partial charge in [0.2, 0.25) is 0 Å². The lowest BCUT2D eigenvalue weighted by atomic mass is 9.92. The Balaban J connectivity index is 1.42. The van der Waals surface area contributed by atoms with Gasteiger partial charge in [0.15, 0.2) is 0 Å². The Bertz CT molecular complexity index is 1260. The summed E-state index contributed by atoms with van der Waals surface area (Å²) in [6, 6.07) is 13.4. The third-order valence-corrected chi connectivity index (χ3v) is 6.13. The van der Waals surface area contributed by atoms with Gasteiger partial charge in [-0.3, -0.25) is 19.7 Å². The molecule has 0 spiro atoms. The fourth-order valence-corrected chi connectivity index (χ4v) is 4.36. The predicted octanol–water partition coefficient (Wildman–Crippen LogP) is 3.71. The number of aromatic nitrogens is 4. The number of fused-ring (bicyclic) bond motifs is 1. The van der Waals surface area contributed by atoms with E-state index in [0.717, 1.165) is 59.1 Å². The molecule has 1 aliphatic rings. The van der Waals surface area contributed by atoms with Gasteiger partial charge in [-0.05, 0) is 48.6 Å². The summed E-state index contributed by atoms with van der Waals surface area (Å²) in [7, 11) is 0. The van der Waals surface area contributed by atoms with Crippen LogP contribution in [-0.2, 0) is 6.42 Å². The molecule has 0 unspecified atom stereocenters. The molecule has 7 heteroatoms.